The van der Waals surface area contributed by atoms with Crippen molar-refractivity contribution in [2.45, 2.75) is 0 Å². The Balaban J connectivity index is 1.97. The van der Waals surface area contributed by atoms with Crippen molar-refractivity contribution in [3.05, 3.63) is 56.8 Å². The van der Waals surface area contributed by atoms with E-state index in [1.165, 1.54) is 18.3 Å². The molecule has 2 rings (SSSR count). The molecule has 0 radical (unpaired) electrons. The summed E-state index contributed by atoms with van der Waals surface area (Å²) in [7, 11) is 0. The van der Waals surface area contributed by atoms with Crippen LogP contribution in [0, 0.1) is 10.1 Å². The normalized spacial score (nSPS) is 10.1. The van der Waals surface area contributed by atoms with Crippen LogP contribution in [0.15, 0.2) is 36.5 Å². The Morgan fingerprint density at radius 1 is 1.36 bits per heavy atom. The summed E-state index contributed by atoms with van der Waals surface area (Å²) in [5.41, 5.74) is 0.191. The molecular formula is C13H9Cl2N3O4. The lowest BCUT2D eigenvalue weighted by atomic mass is 10.3. The fraction of sp³-hybridized carbons (Fsp3) is 0.0769. The highest BCUT2D eigenvalue weighted by molar-refractivity contribution is 6.32. The van der Waals surface area contributed by atoms with Crippen molar-refractivity contribution in [3.63, 3.8) is 0 Å². The van der Waals surface area contributed by atoms with Gasteiger partial charge in [-0.25, -0.2) is 4.98 Å². The Bertz CT molecular complexity index is 724. The third-order valence-corrected chi connectivity index (χ3v) is 3.11. The zero-order valence-corrected chi connectivity index (χ0v) is 12.5. The Labute approximate surface area is 135 Å². The van der Waals surface area contributed by atoms with E-state index in [9.17, 15) is 14.9 Å². The number of carbonyl (C=O) groups is 1. The van der Waals surface area contributed by atoms with Gasteiger partial charge in [-0.3, -0.25) is 14.9 Å². The first-order valence-corrected chi connectivity index (χ1v) is 6.70. The molecule has 0 fully saturated rings. The number of carbonyl (C=O) groups excluding carboxylic acids is 1. The third-order valence-electron chi connectivity index (χ3n) is 2.52. The van der Waals surface area contributed by atoms with Gasteiger partial charge in [0.2, 0.25) is 0 Å². The Morgan fingerprint density at radius 2 is 2.14 bits per heavy atom. The zero-order valence-electron chi connectivity index (χ0n) is 11.0. The predicted octanol–water partition coefficient (Wildman–Crippen LogP) is 3.31. The Morgan fingerprint density at radius 3 is 2.77 bits per heavy atom. The van der Waals surface area contributed by atoms with Gasteiger partial charge in [-0.15, -0.1) is 0 Å². The topological polar surface area (TPSA) is 94.4 Å². The van der Waals surface area contributed by atoms with Crippen molar-refractivity contribution in [3.8, 4) is 5.75 Å². The average molecular weight is 342 g/mol. The molecule has 1 aromatic heterocycles. The van der Waals surface area contributed by atoms with Crippen LogP contribution in [0.25, 0.3) is 0 Å². The number of nitrogens with zero attached hydrogens (tertiary/aromatic N) is 2. The van der Waals surface area contributed by atoms with Crippen LogP contribution in [-0.4, -0.2) is 22.4 Å². The van der Waals surface area contributed by atoms with Crippen molar-refractivity contribution in [2.75, 3.05) is 11.9 Å². The lowest BCUT2D eigenvalue weighted by molar-refractivity contribution is -0.384. The van der Waals surface area contributed by atoms with E-state index in [4.69, 9.17) is 27.9 Å². The summed E-state index contributed by atoms with van der Waals surface area (Å²) >= 11 is 11.7. The zero-order chi connectivity index (χ0) is 16.1. The minimum Gasteiger partial charge on any atom is -0.482 e. The number of benzene rings is 1. The molecule has 0 saturated carbocycles. The molecule has 1 heterocycles. The summed E-state index contributed by atoms with van der Waals surface area (Å²) < 4.78 is 5.22. The van der Waals surface area contributed by atoms with E-state index in [1.807, 2.05) is 0 Å². The second-order valence-corrected chi connectivity index (χ2v) is 4.82. The molecule has 0 unspecified atom stereocenters. The van der Waals surface area contributed by atoms with Crippen molar-refractivity contribution in [1.29, 1.82) is 0 Å². The predicted molar refractivity (Wildman–Crippen MR) is 81.5 cm³/mol. The van der Waals surface area contributed by atoms with Gasteiger partial charge in [0, 0.05) is 18.3 Å². The number of anilines is 1. The first kappa shape index (κ1) is 16.0. The first-order chi connectivity index (χ1) is 10.5. The van der Waals surface area contributed by atoms with Crippen LogP contribution in [0.2, 0.25) is 10.2 Å². The number of rotatable bonds is 5. The molecule has 0 saturated heterocycles. The summed E-state index contributed by atoms with van der Waals surface area (Å²) in [6.45, 7) is -0.331. The summed E-state index contributed by atoms with van der Waals surface area (Å²) in [5, 5.41) is 13.3. The number of ether oxygens (including phenoxy) is 1. The molecule has 114 valence electrons. The molecule has 9 heteroatoms. The quantitative estimate of drug-likeness (QED) is 0.511. The largest absolute Gasteiger partial charge is 0.482 e. The van der Waals surface area contributed by atoms with Gasteiger partial charge in [0.15, 0.2) is 11.8 Å². The molecule has 2 aromatic rings. The van der Waals surface area contributed by atoms with Crippen LogP contribution in [0.3, 0.4) is 0 Å². The van der Waals surface area contributed by atoms with Crippen molar-refractivity contribution in [2.24, 2.45) is 0 Å². The highest BCUT2D eigenvalue weighted by atomic mass is 35.5. The monoisotopic (exact) mass is 341 g/mol. The molecule has 1 N–H and O–H groups in total. The van der Waals surface area contributed by atoms with Crippen LogP contribution in [0.5, 0.6) is 5.75 Å². The maximum Gasteiger partial charge on any atom is 0.271 e. The van der Waals surface area contributed by atoms with Crippen LogP contribution in [-0.2, 0) is 4.79 Å². The van der Waals surface area contributed by atoms with E-state index in [0.29, 0.717) is 5.69 Å². The molecule has 1 amide bonds. The highest BCUT2D eigenvalue weighted by Gasteiger charge is 2.12. The fourth-order valence-electron chi connectivity index (χ4n) is 1.53. The van der Waals surface area contributed by atoms with Gasteiger partial charge in [0.25, 0.3) is 11.6 Å². The fourth-order valence-corrected chi connectivity index (χ4v) is 1.93. The standard InChI is InChI=1S/C13H9Cl2N3O4/c14-9-6-8(18(20)21)3-4-11(9)22-7-12(19)17-10-2-1-5-16-13(10)15/h1-6H,7H2,(H,17,19). The van der Waals surface area contributed by atoms with Gasteiger partial charge in [-0.2, -0.15) is 0 Å². The van der Waals surface area contributed by atoms with Gasteiger partial charge >= 0.3 is 0 Å². The van der Waals surface area contributed by atoms with E-state index in [-0.39, 0.29) is 28.2 Å². The van der Waals surface area contributed by atoms with Gasteiger partial charge in [0.1, 0.15) is 5.75 Å². The number of halogens is 2. The molecule has 22 heavy (non-hydrogen) atoms. The van der Waals surface area contributed by atoms with E-state index in [2.05, 4.69) is 10.3 Å². The highest BCUT2D eigenvalue weighted by Crippen LogP contribution is 2.28. The number of nitro groups is 1. The Kier molecular flexibility index (Phi) is 5.13. The SMILES string of the molecule is O=C(COc1ccc([N+](=O)[O-])cc1Cl)Nc1cccnc1Cl. The number of nitro benzene ring substituents is 1. The smallest absolute Gasteiger partial charge is 0.271 e. The molecule has 0 spiro atoms. The molecular weight excluding hydrogens is 333 g/mol. The van der Waals surface area contributed by atoms with E-state index in [0.717, 1.165) is 6.07 Å². The number of non-ortho nitro benzene ring substituents is 1. The maximum atomic E-state index is 11.8. The summed E-state index contributed by atoms with van der Waals surface area (Å²) in [6, 6.07) is 6.91. The van der Waals surface area contributed by atoms with E-state index >= 15 is 0 Å². The van der Waals surface area contributed by atoms with Crippen LogP contribution >= 0.6 is 23.2 Å². The Hall–Kier alpha value is -2.38. The van der Waals surface area contributed by atoms with Gasteiger partial charge in [-0.05, 0) is 18.2 Å². The average Bonchev–Trinajstić information content (AvgIpc) is 2.48. The van der Waals surface area contributed by atoms with E-state index < -0.39 is 10.8 Å². The number of aromatic nitrogens is 1. The van der Waals surface area contributed by atoms with Crippen LogP contribution < -0.4 is 10.1 Å². The molecule has 0 aliphatic rings. The number of nitrogens with one attached hydrogen (secondary N) is 1. The second kappa shape index (κ2) is 7.06. The number of hydrogen-bond donors (Lipinski definition) is 1. The number of pyridine rings is 1. The van der Waals surface area contributed by atoms with Gasteiger partial charge in [-0.1, -0.05) is 23.2 Å². The van der Waals surface area contributed by atoms with Gasteiger partial charge < -0.3 is 10.1 Å². The molecule has 1 aromatic carbocycles. The van der Waals surface area contributed by atoms with Gasteiger partial charge in [0.05, 0.1) is 15.6 Å². The molecule has 0 atom stereocenters. The second-order valence-electron chi connectivity index (χ2n) is 4.05. The lowest BCUT2D eigenvalue weighted by Gasteiger charge is -2.09. The minimum absolute atomic E-state index is 0.0430. The third kappa shape index (κ3) is 4.06. The molecule has 0 aliphatic heterocycles. The van der Waals surface area contributed by atoms with Crippen molar-refractivity contribution < 1.29 is 14.5 Å². The summed E-state index contributed by atoms with van der Waals surface area (Å²) in [4.78, 5) is 25.6. The molecule has 0 bridgehead atoms. The maximum absolute atomic E-state index is 11.8. The number of amides is 1. The van der Waals surface area contributed by atoms with Crippen molar-refractivity contribution in [1.82, 2.24) is 4.98 Å². The first-order valence-electron chi connectivity index (χ1n) is 5.94. The van der Waals surface area contributed by atoms with Crippen LogP contribution in [0.4, 0.5) is 11.4 Å². The summed E-state index contributed by atoms with van der Waals surface area (Å²) in [5.74, 6) is -0.302. The molecule has 7 nitrogen and oxygen atoms in total. The molecule has 0 aliphatic carbocycles. The summed E-state index contributed by atoms with van der Waals surface area (Å²) in [6.07, 6.45) is 1.49. The van der Waals surface area contributed by atoms with Crippen LogP contribution in [0.1, 0.15) is 0 Å². The van der Waals surface area contributed by atoms with E-state index in [1.54, 1.807) is 12.1 Å². The minimum atomic E-state index is -0.577. The lowest BCUT2D eigenvalue weighted by Crippen LogP contribution is -2.20. The number of hydrogen-bond acceptors (Lipinski definition) is 5. The van der Waals surface area contributed by atoms with Crippen molar-refractivity contribution >= 4 is 40.5 Å².